The van der Waals surface area contributed by atoms with Crippen LogP contribution in [0.15, 0.2) is 54.1 Å². The summed E-state index contributed by atoms with van der Waals surface area (Å²) in [5, 5.41) is 22.4. The zero-order chi connectivity index (χ0) is 23.5. The minimum absolute atomic E-state index is 0.109. The smallest absolute Gasteiger partial charge is 0.295 e. The number of hydrogen-bond donors (Lipinski definition) is 1. The van der Waals surface area contributed by atoms with Crippen LogP contribution < -0.4 is 4.74 Å². The van der Waals surface area contributed by atoms with Crippen molar-refractivity contribution in [2.45, 2.75) is 31.9 Å². The van der Waals surface area contributed by atoms with Gasteiger partial charge in [0.2, 0.25) is 0 Å². The number of nitro groups is 1. The first-order valence-electron chi connectivity index (χ1n) is 10.8. The summed E-state index contributed by atoms with van der Waals surface area (Å²) < 4.78 is 11.1. The highest BCUT2D eigenvalue weighted by molar-refractivity contribution is 6.46. The number of amides is 1. The van der Waals surface area contributed by atoms with Gasteiger partial charge in [0.1, 0.15) is 11.5 Å². The lowest BCUT2D eigenvalue weighted by Gasteiger charge is -2.27. The van der Waals surface area contributed by atoms with Gasteiger partial charge < -0.3 is 19.5 Å². The number of rotatable bonds is 7. The fourth-order valence-electron chi connectivity index (χ4n) is 4.26. The van der Waals surface area contributed by atoms with Crippen molar-refractivity contribution in [2.24, 2.45) is 0 Å². The molecule has 4 rings (SSSR count). The molecule has 0 aliphatic carbocycles. The van der Waals surface area contributed by atoms with E-state index >= 15 is 0 Å². The van der Waals surface area contributed by atoms with Gasteiger partial charge in [-0.2, -0.15) is 0 Å². The number of benzene rings is 2. The molecule has 172 valence electrons. The first-order chi connectivity index (χ1) is 15.9. The van der Waals surface area contributed by atoms with Crippen molar-refractivity contribution >= 4 is 23.1 Å². The fourth-order valence-corrected chi connectivity index (χ4v) is 4.26. The van der Waals surface area contributed by atoms with Gasteiger partial charge in [0.15, 0.2) is 0 Å². The van der Waals surface area contributed by atoms with Gasteiger partial charge in [0.05, 0.1) is 29.2 Å². The van der Waals surface area contributed by atoms with Crippen LogP contribution in [0.3, 0.4) is 0 Å². The van der Waals surface area contributed by atoms with Crippen LogP contribution in [-0.2, 0) is 14.3 Å². The molecule has 33 heavy (non-hydrogen) atoms. The summed E-state index contributed by atoms with van der Waals surface area (Å²) in [6.45, 7) is 3.05. The number of nitro benzene ring substituents is 1. The summed E-state index contributed by atoms with van der Waals surface area (Å²) in [6.07, 6.45) is 1.35. The van der Waals surface area contributed by atoms with Crippen LogP contribution in [0, 0.1) is 10.1 Å². The van der Waals surface area contributed by atoms with Gasteiger partial charge >= 0.3 is 0 Å². The Morgan fingerprint density at radius 3 is 2.64 bits per heavy atom. The average Bonchev–Trinajstić information content (AvgIpc) is 3.42. The number of ketones is 1. The molecule has 0 bridgehead atoms. The quantitative estimate of drug-likeness (QED) is 0.224. The summed E-state index contributed by atoms with van der Waals surface area (Å²) in [4.78, 5) is 38.2. The molecule has 2 heterocycles. The molecule has 0 aromatic heterocycles. The molecule has 2 aromatic carbocycles. The second-order valence-corrected chi connectivity index (χ2v) is 7.90. The molecule has 2 aliphatic heterocycles. The molecule has 9 heteroatoms. The van der Waals surface area contributed by atoms with Crippen LogP contribution in [-0.4, -0.2) is 52.5 Å². The van der Waals surface area contributed by atoms with Crippen LogP contribution in [0.5, 0.6) is 5.75 Å². The van der Waals surface area contributed by atoms with Crippen LogP contribution in [0.1, 0.15) is 36.9 Å². The fraction of sp³-hybridized carbons (Fsp3) is 0.333. The Hall–Kier alpha value is -3.72. The molecule has 0 unspecified atom stereocenters. The number of non-ortho nitro benzene ring substituents is 1. The summed E-state index contributed by atoms with van der Waals surface area (Å²) in [5.74, 6) is -1.35. The Morgan fingerprint density at radius 2 is 2.00 bits per heavy atom. The summed E-state index contributed by atoms with van der Waals surface area (Å²) in [5.41, 5.74) is 0.428. The summed E-state index contributed by atoms with van der Waals surface area (Å²) >= 11 is 0. The Morgan fingerprint density at radius 1 is 1.24 bits per heavy atom. The SMILES string of the molecule is CCOc1ccc(C(O)=C2C(=O)C(=O)N(C[C@H]3CCCO3)[C@@H]2c2cccc([N+](=O)[O-])c2)cc1. The average molecular weight is 452 g/mol. The molecule has 2 fully saturated rings. The predicted octanol–water partition coefficient (Wildman–Crippen LogP) is 3.59. The van der Waals surface area contributed by atoms with Gasteiger partial charge in [-0.3, -0.25) is 19.7 Å². The zero-order valence-electron chi connectivity index (χ0n) is 18.1. The zero-order valence-corrected chi connectivity index (χ0v) is 18.1. The minimum atomic E-state index is -0.972. The van der Waals surface area contributed by atoms with E-state index in [1.807, 2.05) is 6.92 Å². The molecule has 9 nitrogen and oxygen atoms in total. The number of ether oxygens (including phenoxy) is 2. The van der Waals surface area contributed by atoms with Crippen molar-refractivity contribution in [1.82, 2.24) is 4.90 Å². The van der Waals surface area contributed by atoms with Crippen molar-refractivity contribution < 1.29 is 29.1 Å². The molecular formula is C24H24N2O7. The van der Waals surface area contributed by atoms with E-state index in [0.717, 1.165) is 12.8 Å². The van der Waals surface area contributed by atoms with E-state index in [2.05, 4.69) is 0 Å². The van der Waals surface area contributed by atoms with Crippen molar-refractivity contribution in [3.8, 4) is 5.75 Å². The monoisotopic (exact) mass is 452 g/mol. The lowest BCUT2D eigenvalue weighted by molar-refractivity contribution is -0.384. The van der Waals surface area contributed by atoms with Crippen molar-refractivity contribution in [3.05, 3.63) is 75.3 Å². The van der Waals surface area contributed by atoms with E-state index in [1.165, 1.54) is 23.1 Å². The number of aliphatic hydroxyl groups is 1. The maximum atomic E-state index is 13.1. The first-order valence-corrected chi connectivity index (χ1v) is 10.8. The number of nitrogens with zero attached hydrogens (tertiary/aromatic N) is 2. The highest BCUT2D eigenvalue weighted by Gasteiger charge is 2.47. The van der Waals surface area contributed by atoms with E-state index in [1.54, 1.807) is 30.3 Å². The molecule has 2 saturated heterocycles. The van der Waals surface area contributed by atoms with E-state index in [-0.39, 0.29) is 29.7 Å². The number of hydrogen-bond acceptors (Lipinski definition) is 7. The molecule has 2 aromatic rings. The maximum Gasteiger partial charge on any atom is 0.295 e. The van der Waals surface area contributed by atoms with Crippen molar-refractivity contribution in [3.63, 3.8) is 0 Å². The van der Waals surface area contributed by atoms with Crippen LogP contribution >= 0.6 is 0 Å². The Labute approximate surface area is 190 Å². The molecule has 2 aliphatic rings. The van der Waals surface area contributed by atoms with Gasteiger partial charge in [-0.25, -0.2) is 0 Å². The number of carbonyl (C=O) groups is 2. The van der Waals surface area contributed by atoms with Gasteiger partial charge in [0.25, 0.3) is 17.4 Å². The molecule has 0 saturated carbocycles. The lowest BCUT2D eigenvalue weighted by Crippen LogP contribution is -2.36. The van der Waals surface area contributed by atoms with Crippen molar-refractivity contribution in [2.75, 3.05) is 19.8 Å². The maximum absolute atomic E-state index is 13.1. The second kappa shape index (κ2) is 9.41. The van der Waals surface area contributed by atoms with Gasteiger partial charge in [-0.1, -0.05) is 12.1 Å². The standard InChI is InChI=1S/C24H24N2O7/c1-2-32-18-10-8-15(9-11-18)22(27)20-21(16-5-3-6-17(13-16)26(30)31)25(24(29)23(20)28)14-19-7-4-12-33-19/h3,5-6,8-11,13,19,21,27H,2,4,7,12,14H2,1H3/t19-,21-/m1/s1. The molecular weight excluding hydrogens is 428 g/mol. The van der Waals surface area contributed by atoms with Crippen molar-refractivity contribution in [1.29, 1.82) is 0 Å². The third-order valence-corrected chi connectivity index (χ3v) is 5.80. The second-order valence-electron chi connectivity index (χ2n) is 7.90. The number of aliphatic hydroxyl groups excluding tert-OH is 1. The molecule has 0 radical (unpaired) electrons. The molecule has 1 N–H and O–H groups in total. The topological polar surface area (TPSA) is 119 Å². The lowest BCUT2D eigenvalue weighted by atomic mass is 9.95. The molecule has 2 atom stereocenters. The normalized spacial score (nSPS) is 22.0. The third-order valence-electron chi connectivity index (χ3n) is 5.80. The molecule has 0 spiro atoms. The minimum Gasteiger partial charge on any atom is -0.507 e. The van der Waals surface area contributed by atoms with Gasteiger partial charge in [-0.05, 0) is 49.6 Å². The summed E-state index contributed by atoms with van der Waals surface area (Å²) in [6, 6.07) is 11.3. The molecule has 1 amide bonds. The number of Topliss-reactive ketones (excluding diaryl/α,β-unsaturated/α-hetero) is 1. The Bertz CT molecular complexity index is 1100. The van der Waals surface area contributed by atoms with E-state index in [9.17, 15) is 24.8 Å². The van der Waals surface area contributed by atoms with Gasteiger partial charge in [-0.15, -0.1) is 0 Å². The van der Waals surface area contributed by atoms with Crippen LogP contribution in [0.4, 0.5) is 5.69 Å². The van der Waals surface area contributed by atoms with E-state index in [0.29, 0.717) is 30.1 Å². The van der Waals surface area contributed by atoms with Crippen LogP contribution in [0.25, 0.3) is 5.76 Å². The van der Waals surface area contributed by atoms with E-state index < -0.39 is 22.7 Å². The van der Waals surface area contributed by atoms with Gasteiger partial charge in [0, 0.05) is 30.8 Å². The highest BCUT2D eigenvalue weighted by atomic mass is 16.6. The Balaban J connectivity index is 1.81. The highest BCUT2D eigenvalue weighted by Crippen LogP contribution is 2.41. The summed E-state index contributed by atoms with van der Waals surface area (Å²) in [7, 11) is 0. The Kier molecular flexibility index (Phi) is 6.41. The first kappa shape index (κ1) is 22.5. The van der Waals surface area contributed by atoms with Crippen LogP contribution in [0.2, 0.25) is 0 Å². The number of carbonyl (C=O) groups excluding carboxylic acids is 2. The third kappa shape index (κ3) is 4.45. The number of likely N-dealkylation sites (tertiary alicyclic amines) is 1. The predicted molar refractivity (Wildman–Crippen MR) is 119 cm³/mol. The van der Waals surface area contributed by atoms with E-state index in [4.69, 9.17) is 9.47 Å². The largest absolute Gasteiger partial charge is 0.507 e.